The van der Waals surface area contributed by atoms with Crippen LogP contribution < -0.4 is 5.43 Å². The summed E-state index contributed by atoms with van der Waals surface area (Å²) in [4.78, 5) is 47.5. The molecule has 2 saturated heterocycles. The van der Waals surface area contributed by atoms with Crippen LogP contribution in [0.15, 0.2) is 34.7 Å². The van der Waals surface area contributed by atoms with E-state index in [0.29, 0.717) is 26.2 Å². The second-order valence-electron chi connectivity index (χ2n) is 9.47. The van der Waals surface area contributed by atoms with Gasteiger partial charge in [-0.25, -0.2) is 0 Å². The molecule has 0 aliphatic carbocycles. The monoisotopic (exact) mass is 484 g/mol. The van der Waals surface area contributed by atoms with E-state index in [1.807, 2.05) is 11.5 Å². The lowest BCUT2D eigenvalue weighted by Gasteiger charge is -2.34. The largest absolute Gasteiger partial charge is 0.350 e. The third-order valence-corrected chi connectivity index (χ3v) is 7.98. The van der Waals surface area contributed by atoms with Gasteiger partial charge in [0.1, 0.15) is 11.1 Å². The second-order valence-corrected chi connectivity index (χ2v) is 10.5. The maximum absolute atomic E-state index is 13.5. The van der Waals surface area contributed by atoms with Gasteiger partial charge >= 0.3 is 0 Å². The molecule has 184 valence electrons. The van der Waals surface area contributed by atoms with Crippen molar-refractivity contribution in [1.82, 2.24) is 19.3 Å². The van der Waals surface area contributed by atoms with Gasteiger partial charge in [-0.05, 0) is 37.6 Å². The Kier molecular flexibility index (Phi) is 8.21. The molecule has 0 saturated carbocycles. The SMILES string of the molecule is CC[C@H](C)n1cc(C(=O)N2CCCCCC2)c(=O)c(C(=O)N2CCN(Cc3cccs3)CC2)c1. The molecule has 4 heterocycles. The van der Waals surface area contributed by atoms with Crippen LogP contribution in [0, 0.1) is 0 Å². The van der Waals surface area contributed by atoms with Crippen molar-refractivity contribution >= 4 is 23.2 Å². The Morgan fingerprint density at radius 3 is 2.03 bits per heavy atom. The molecule has 2 aliphatic heterocycles. The molecule has 2 aliphatic rings. The lowest BCUT2D eigenvalue weighted by molar-refractivity contribution is 0.0627. The van der Waals surface area contributed by atoms with Crippen LogP contribution in [0.2, 0.25) is 0 Å². The Bertz CT molecular complexity index is 1030. The summed E-state index contributed by atoms with van der Waals surface area (Å²) in [7, 11) is 0. The minimum atomic E-state index is -0.431. The van der Waals surface area contributed by atoms with Crippen molar-refractivity contribution in [2.24, 2.45) is 0 Å². The van der Waals surface area contributed by atoms with Gasteiger partial charge in [-0.15, -0.1) is 11.3 Å². The maximum atomic E-state index is 13.5. The molecule has 0 N–H and O–H groups in total. The zero-order chi connectivity index (χ0) is 24.1. The number of carbonyl (C=O) groups is 2. The third-order valence-electron chi connectivity index (χ3n) is 7.12. The highest BCUT2D eigenvalue weighted by molar-refractivity contribution is 7.09. The van der Waals surface area contributed by atoms with Crippen LogP contribution in [0.1, 0.15) is 77.6 Å². The number of thiophene rings is 1. The molecule has 4 rings (SSSR count). The van der Waals surface area contributed by atoms with Crippen molar-refractivity contribution in [2.75, 3.05) is 39.3 Å². The normalized spacial score (nSPS) is 18.5. The van der Waals surface area contributed by atoms with E-state index in [0.717, 1.165) is 51.7 Å². The van der Waals surface area contributed by atoms with Crippen molar-refractivity contribution < 1.29 is 9.59 Å². The predicted octanol–water partition coefficient (Wildman–Crippen LogP) is 3.86. The molecule has 2 fully saturated rings. The lowest BCUT2D eigenvalue weighted by Crippen LogP contribution is -2.49. The molecule has 2 amide bonds. The van der Waals surface area contributed by atoms with Gasteiger partial charge in [0.2, 0.25) is 5.43 Å². The zero-order valence-electron chi connectivity index (χ0n) is 20.4. The van der Waals surface area contributed by atoms with Gasteiger partial charge in [-0.2, -0.15) is 0 Å². The topological polar surface area (TPSA) is 65.9 Å². The van der Waals surface area contributed by atoms with E-state index in [9.17, 15) is 14.4 Å². The molecule has 8 heteroatoms. The predicted molar refractivity (Wildman–Crippen MR) is 136 cm³/mol. The smallest absolute Gasteiger partial charge is 0.259 e. The molecule has 2 aromatic rings. The van der Waals surface area contributed by atoms with E-state index in [4.69, 9.17) is 0 Å². The molecule has 7 nitrogen and oxygen atoms in total. The Balaban J connectivity index is 1.55. The molecule has 0 aromatic carbocycles. The average Bonchev–Trinajstić information content (AvgIpc) is 3.22. The van der Waals surface area contributed by atoms with Crippen molar-refractivity contribution in [2.45, 2.75) is 58.5 Å². The number of nitrogens with zero attached hydrogens (tertiary/aromatic N) is 4. The van der Waals surface area contributed by atoms with Crippen molar-refractivity contribution in [1.29, 1.82) is 0 Å². The van der Waals surface area contributed by atoms with Gasteiger partial charge in [-0.1, -0.05) is 25.8 Å². The van der Waals surface area contributed by atoms with Gasteiger partial charge in [0, 0.05) is 69.1 Å². The number of hydrogen-bond donors (Lipinski definition) is 0. The van der Waals surface area contributed by atoms with E-state index < -0.39 is 5.43 Å². The second kappa shape index (κ2) is 11.3. The van der Waals surface area contributed by atoms with Crippen LogP contribution in [0.4, 0.5) is 0 Å². The molecule has 34 heavy (non-hydrogen) atoms. The molecule has 0 radical (unpaired) electrons. The van der Waals surface area contributed by atoms with Crippen molar-refractivity contribution in [3.8, 4) is 0 Å². The minimum absolute atomic E-state index is 0.0884. The summed E-state index contributed by atoms with van der Waals surface area (Å²) in [6.45, 7) is 9.05. The third kappa shape index (κ3) is 5.61. The minimum Gasteiger partial charge on any atom is -0.350 e. The first kappa shape index (κ1) is 24.7. The van der Waals surface area contributed by atoms with Crippen LogP contribution in [-0.4, -0.2) is 70.3 Å². The Morgan fingerprint density at radius 1 is 0.912 bits per heavy atom. The average molecular weight is 485 g/mol. The molecule has 1 atom stereocenters. The van der Waals surface area contributed by atoms with Crippen LogP contribution in [0.3, 0.4) is 0 Å². The van der Waals surface area contributed by atoms with E-state index in [2.05, 4.69) is 29.3 Å². The highest BCUT2D eigenvalue weighted by Gasteiger charge is 2.28. The number of carbonyl (C=O) groups excluding carboxylic acids is 2. The Hall–Kier alpha value is -2.45. The summed E-state index contributed by atoms with van der Waals surface area (Å²) in [5.41, 5.74) is -0.183. The molecular weight excluding hydrogens is 448 g/mol. The number of aromatic nitrogens is 1. The summed E-state index contributed by atoms with van der Waals surface area (Å²) < 4.78 is 1.88. The fourth-order valence-electron chi connectivity index (χ4n) is 4.71. The molecule has 2 aromatic heterocycles. The summed E-state index contributed by atoms with van der Waals surface area (Å²) in [6, 6.07) is 4.28. The number of rotatable bonds is 6. The molecule has 0 bridgehead atoms. The Labute approximate surface area is 206 Å². The fraction of sp³-hybridized carbons (Fsp3) is 0.577. The molecule has 0 unspecified atom stereocenters. The highest BCUT2D eigenvalue weighted by atomic mass is 32.1. The summed E-state index contributed by atoms with van der Waals surface area (Å²) >= 11 is 1.74. The number of hydrogen-bond acceptors (Lipinski definition) is 5. The van der Waals surface area contributed by atoms with Crippen LogP contribution in [0.25, 0.3) is 0 Å². The van der Waals surface area contributed by atoms with Crippen LogP contribution >= 0.6 is 11.3 Å². The number of amides is 2. The van der Waals surface area contributed by atoms with Gasteiger partial charge < -0.3 is 14.4 Å². The first-order valence-corrected chi connectivity index (χ1v) is 13.4. The molecular formula is C26H36N4O3S. The quantitative estimate of drug-likeness (QED) is 0.625. The van der Waals surface area contributed by atoms with E-state index in [1.54, 1.807) is 33.5 Å². The number of piperazine rings is 1. The summed E-state index contributed by atoms with van der Waals surface area (Å²) in [5.74, 6) is -0.497. The zero-order valence-corrected chi connectivity index (χ0v) is 21.2. The summed E-state index contributed by atoms with van der Waals surface area (Å²) in [6.07, 6.45) is 8.31. The van der Waals surface area contributed by atoms with Gasteiger partial charge in [0.05, 0.1) is 0 Å². The first-order valence-electron chi connectivity index (χ1n) is 12.6. The van der Waals surface area contributed by atoms with E-state index in [1.165, 1.54) is 4.88 Å². The molecule has 0 spiro atoms. The maximum Gasteiger partial charge on any atom is 0.259 e. The lowest BCUT2D eigenvalue weighted by atomic mass is 10.1. The van der Waals surface area contributed by atoms with E-state index in [-0.39, 0.29) is 29.0 Å². The van der Waals surface area contributed by atoms with Crippen LogP contribution in [0.5, 0.6) is 0 Å². The number of pyridine rings is 1. The number of likely N-dealkylation sites (tertiary alicyclic amines) is 1. The van der Waals surface area contributed by atoms with Crippen molar-refractivity contribution in [3.05, 3.63) is 56.1 Å². The van der Waals surface area contributed by atoms with Gasteiger partial charge in [0.25, 0.3) is 11.8 Å². The van der Waals surface area contributed by atoms with Crippen molar-refractivity contribution in [3.63, 3.8) is 0 Å². The van der Waals surface area contributed by atoms with Gasteiger partial charge in [0.15, 0.2) is 0 Å². The first-order chi connectivity index (χ1) is 16.5. The van der Waals surface area contributed by atoms with Gasteiger partial charge in [-0.3, -0.25) is 19.3 Å². The Morgan fingerprint density at radius 2 is 1.50 bits per heavy atom. The summed E-state index contributed by atoms with van der Waals surface area (Å²) in [5, 5.41) is 2.08. The fourth-order valence-corrected chi connectivity index (χ4v) is 5.46. The van der Waals surface area contributed by atoms with Crippen LogP contribution in [-0.2, 0) is 6.54 Å². The van der Waals surface area contributed by atoms with E-state index >= 15 is 0 Å². The highest BCUT2D eigenvalue weighted by Crippen LogP contribution is 2.18. The standard InChI is InChI=1S/C26H36N4O3S/c1-3-20(2)30-18-22(25(32)28-10-6-4-5-7-11-28)24(31)23(19-30)26(33)29-14-12-27(13-15-29)17-21-9-8-16-34-21/h8-9,16,18-20H,3-7,10-15,17H2,1-2H3/t20-/m0/s1.